The van der Waals surface area contributed by atoms with Gasteiger partial charge in [0.2, 0.25) is 0 Å². The summed E-state index contributed by atoms with van der Waals surface area (Å²) >= 11 is 0. The number of rotatable bonds is 4. The van der Waals surface area contributed by atoms with Gasteiger partial charge in [-0.05, 0) is 24.3 Å². The van der Waals surface area contributed by atoms with Crippen molar-refractivity contribution in [1.82, 2.24) is 19.9 Å². The van der Waals surface area contributed by atoms with Gasteiger partial charge in [0.25, 0.3) is 0 Å². The van der Waals surface area contributed by atoms with Gasteiger partial charge in [0.1, 0.15) is 11.2 Å². The van der Waals surface area contributed by atoms with E-state index >= 15 is 0 Å². The fourth-order valence-electron chi connectivity index (χ4n) is 6.20. The van der Waals surface area contributed by atoms with Crippen molar-refractivity contribution in [2.24, 2.45) is 0 Å². The third-order valence-electron chi connectivity index (χ3n) is 8.30. The van der Waals surface area contributed by atoms with Gasteiger partial charge in [0, 0.05) is 49.2 Å². The molecule has 3 aromatic heterocycles. The van der Waals surface area contributed by atoms with Gasteiger partial charge in [-0.15, -0.1) is 0 Å². The number of aromatic nitrogens is 4. The molecule has 0 aliphatic rings. The van der Waals surface area contributed by atoms with E-state index in [4.69, 9.17) is 24.4 Å². The van der Waals surface area contributed by atoms with Crippen molar-refractivity contribution in [2.45, 2.75) is 0 Å². The van der Waals surface area contributed by atoms with E-state index in [-0.39, 0.29) is 0 Å². The number of pyridine rings is 1. The van der Waals surface area contributed by atoms with Crippen LogP contribution < -0.4 is 0 Å². The fourth-order valence-corrected chi connectivity index (χ4v) is 6.20. The minimum atomic E-state index is 0.597. The van der Waals surface area contributed by atoms with Crippen molar-refractivity contribution in [3.8, 4) is 45.4 Å². The van der Waals surface area contributed by atoms with E-state index in [1.807, 2.05) is 78.9 Å². The molecule has 0 N–H and O–H groups in total. The van der Waals surface area contributed by atoms with Crippen molar-refractivity contribution in [2.75, 3.05) is 0 Å². The number of para-hydroxylation sites is 1. The van der Waals surface area contributed by atoms with Crippen molar-refractivity contribution in [3.63, 3.8) is 0 Å². The summed E-state index contributed by atoms with van der Waals surface area (Å²) in [4.78, 5) is 20.1. The first-order valence-corrected chi connectivity index (χ1v) is 14.9. The van der Waals surface area contributed by atoms with Crippen LogP contribution in [0.2, 0.25) is 0 Å². The Kier molecular flexibility index (Phi) is 5.74. The molecule has 0 radical (unpaired) electrons. The number of hydrogen-bond donors (Lipinski definition) is 0. The zero-order chi connectivity index (χ0) is 29.7. The first-order chi connectivity index (χ1) is 22.3. The van der Waals surface area contributed by atoms with Gasteiger partial charge in [0.15, 0.2) is 17.5 Å². The summed E-state index contributed by atoms with van der Waals surface area (Å²) in [5.41, 5.74) is 7.31. The molecule has 0 saturated heterocycles. The predicted octanol–water partition coefficient (Wildman–Crippen LogP) is 10.1. The van der Waals surface area contributed by atoms with Crippen LogP contribution in [0.5, 0.6) is 0 Å². The minimum Gasteiger partial charge on any atom is -0.456 e. The standard InChI is InChI=1S/C40H24N4O/c1-4-12-25(13-5-1)37-31-22-23-34-36(30-18-10-11-19-33(30)45-34)35(31)29-21-20-28(24-32(29)41-37)40-43-38(26-14-6-2-7-15-26)42-39(44-40)27-16-8-3-9-17-27/h1-24H. The molecule has 3 heterocycles. The van der Waals surface area contributed by atoms with E-state index in [1.54, 1.807) is 0 Å². The van der Waals surface area contributed by atoms with E-state index in [0.29, 0.717) is 17.5 Å². The van der Waals surface area contributed by atoms with E-state index in [9.17, 15) is 0 Å². The Morgan fingerprint density at radius 1 is 0.356 bits per heavy atom. The Labute approximate surface area is 258 Å². The summed E-state index contributed by atoms with van der Waals surface area (Å²) in [6, 6.07) is 49.2. The van der Waals surface area contributed by atoms with Gasteiger partial charge in [-0.2, -0.15) is 0 Å². The van der Waals surface area contributed by atoms with Crippen LogP contribution >= 0.6 is 0 Å². The lowest BCUT2D eigenvalue weighted by atomic mass is 9.95. The van der Waals surface area contributed by atoms with Gasteiger partial charge in [-0.1, -0.05) is 121 Å². The van der Waals surface area contributed by atoms with Crippen molar-refractivity contribution >= 4 is 43.6 Å². The number of fused-ring (bicyclic) bond motifs is 7. The highest BCUT2D eigenvalue weighted by molar-refractivity contribution is 6.28. The lowest BCUT2D eigenvalue weighted by Crippen LogP contribution is -2.00. The molecule has 0 aliphatic heterocycles. The molecule has 0 atom stereocenters. The van der Waals surface area contributed by atoms with Gasteiger partial charge >= 0.3 is 0 Å². The molecule has 9 rings (SSSR count). The van der Waals surface area contributed by atoms with E-state index in [1.165, 1.54) is 0 Å². The van der Waals surface area contributed by atoms with Crippen LogP contribution in [0.3, 0.4) is 0 Å². The van der Waals surface area contributed by atoms with Crippen LogP contribution in [0.25, 0.3) is 89.0 Å². The summed E-state index contributed by atoms with van der Waals surface area (Å²) in [6.07, 6.45) is 0. The highest BCUT2D eigenvalue weighted by Crippen LogP contribution is 2.41. The molecule has 0 spiro atoms. The molecular weight excluding hydrogens is 552 g/mol. The molecule has 5 heteroatoms. The summed E-state index contributed by atoms with van der Waals surface area (Å²) in [6.45, 7) is 0. The van der Waals surface area contributed by atoms with E-state index in [2.05, 4.69) is 66.7 Å². The monoisotopic (exact) mass is 576 g/mol. The predicted molar refractivity (Wildman–Crippen MR) is 182 cm³/mol. The van der Waals surface area contributed by atoms with Gasteiger partial charge < -0.3 is 4.42 Å². The number of furan rings is 1. The highest BCUT2D eigenvalue weighted by atomic mass is 16.3. The average molecular weight is 577 g/mol. The maximum absolute atomic E-state index is 6.31. The van der Waals surface area contributed by atoms with Gasteiger partial charge in [-0.25, -0.2) is 19.9 Å². The lowest BCUT2D eigenvalue weighted by molar-refractivity contribution is 0.669. The molecule has 0 unspecified atom stereocenters. The molecule has 9 aromatic rings. The molecule has 0 amide bonds. The normalized spacial score (nSPS) is 11.6. The Balaban J connectivity index is 1.34. The summed E-state index contributed by atoms with van der Waals surface area (Å²) in [5, 5.41) is 5.44. The second-order valence-corrected chi connectivity index (χ2v) is 11.1. The van der Waals surface area contributed by atoms with Crippen LogP contribution in [0.1, 0.15) is 0 Å². The van der Waals surface area contributed by atoms with Gasteiger partial charge in [0.05, 0.1) is 11.2 Å². The maximum Gasteiger partial charge on any atom is 0.164 e. The largest absolute Gasteiger partial charge is 0.456 e. The van der Waals surface area contributed by atoms with Crippen LogP contribution in [-0.4, -0.2) is 19.9 Å². The van der Waals surface area contributed by atoms with Crippen molar-refractivity contribution in [1.29, 1.82) is 0 Å². The van der Waals surface area contributed by atoms with E-state index in [0.717, 1.165) is 71.6 Å². The Morgan fingerprint density at radius 3 is 1.58 bits per heavy atom. The first kappa shape index (κ1) is 25.3. The van der Waals surface area contributed by atoms with Gasteiger partial charge in [-0.3, -0.25) is 0 Å². The molecule has 5 nitrogen and oxygen atoms in total. The third kappa shape index (κ3) is 4.25. The molecule has 6 aromatic carbocycles. The fraction of sp³-hybridized carbons (Fsp3) is 0. The Hall–Kier alpha value is -6.20. The second kappa shape index (κ2) is 10.2. The Morgan fingerprint density at radius 2 is 0.911 bits per heavy atom. The molecule has 0 fully saturated rings. The van der Waals surface area contributed by atoms with Crippen LogP contribution in [0.4, 0.5) is 0 Å². The topological polar surface area (TPSA) is 64.7 Å². The molecule has 45 heavy (non-hydrogen) atoms. The van der Waals surface area contributed by atoms with Crippen LogP contribution in [0, 0.1) is 0 Å². The SMILES string of the molecule is c1ccc(-c2nc(-c3ccccc3)nc(-c3ccc4c(c3)nc(-c3ccccc3)c3ccc5oc6ccccc6c5c34)n2)cc1. The van der Waals surface area contributed by atoms with Crippen LogP contribution in [0.15, 0.2) is 150 Å². The number of hydrogen-bond acceptors (Lipinski definition) is 5. The molecule has 210 valence electrons. The smallest absolute Gasteiger partial charge is 0.164 e. The minimum absolute atomic E-state index is 0.597. The molecule has 0 aliphatic carbocycles. The quantitative estimate of drug-likeness (QED) is 0.195. The number of benzene rings is 6. The Bertz CT molecular complexity index is 2470. The van der Waals surface area contributed by atoms with Crippen molar-refractivity contribution < 1.29 is 4.42 Å². The first-order valence-electron chi connectivity index (χ1n) is 14.9. The second-order valence-electron chi connectivity index (χ2n) is 11.1. The summed E-state index contributed by atoms with van der Waals surface area (Å²) in [7, 11) is 0. The third-order valence-corrected chi connectivity index (χ3v) is 8.30. The number of nitrogens with zero attached hydrogens (tertiary/aromatic N) is 4. The van der Waals surface area contributed by atoms with E-state index < -0.39 is 0 Å². The maximum atomic E-state index is 6.31. The zero-order valence-corrected chi connectivity index (χ0v) is 24.1. The molecule has 0 saturated carbocycles. The zero-order valence-electron chi connectivity index (χ0n) is 24.1. The van der Waals surface area contributed by atoms with Crippen LogP contribution in [-0.2, 0) is 0 Å². The van der Waals surface area contributed by atoms with Crippen molar-refractivity contribution in [3.05, 3.63) is 146 Å². The summed E-state index contributed by atoms with van der Waals surface area (Å²) in [5.74, 6) is 1.85. The molecule has 0 bridgehead atoms. The lowest BCUT2D eigenvalue weighted by Gasteiger charge is -2.13. The average Bonchev–Trinajstić information content (AvgIpc) is 3.51. The highest BCUT2D eigenvalue weighted by Gasteiger charge is 2.19. The summed E-state index contributed by atoms with van der Waals surface area (Å²) < 4.78 is 6.31. The molecular formula is C40H24N4O.